The Labute approximate surface area is 122 Å². The lowest BCUT2D eigenvalue weighted by Gasteiger charge is -2.11. The summed E-state index contributed by atoms with van der Waals surface area (Å²) in [6.07, 6.45) is 2.50. The first-order chi connectivity index (χ1) is 10.3. The van der Waals surface area contributed by atoms with Crippen LogP contribution in [0.5, 0.6) is 11.5 Å². The lowest BCUT2D eigenvalue weighted by Crippen LogP contribution is -1.97. The molecule has 0 bridgehead atoms. The summed E-state index contributed by atoms with van der Waals surface area (Å²) in [7, 11) is 1.60. The highest BCUT2D eigenvalue weighted by Crippen LogP contribution is 2.33. The number of aromatic nitrogens is 1. The zero-order valence-electron chi connectivity index (χ0n) is 11.6. The molecule has 1 aromatic heterocycles. The van der Waals surface area contributed by atoms with Gasteiger partial charge in [0.2, 0.25) is 0 Å². The minimum Gasteiger partial charge on any atom is -0.493 e. The fraction of sp³-hybridized carbons (Fsp3) is 0.118. The predicted molar refractivity (Wildman–Crippen MR) is 81.0 cm³/mol. The molecule has 21 heavy (non-hydrogen) atoms. The number of fused-ring (bicyclic) bond motifs is 1. The van der Waals surface area contributed by atoms with Crippen molar-refractivity contribution in [1.82, 2.24) is 4.98 Å². The van der Waals surface area contributed by atoms with E-state index in [0.717, 1.165) is 22.8 Å². The third kappa shape index (κ3) is 2.60. The number of carbonyl (C=O) groups excluding carboxylic acids is 1. The van der Waals surface area contributed by atoms with Crippen LogP contribution in [0.1, 0.15) is 15.9 Å². The van der Waals surface area contributed by atoms with Crippen molar-refractivity contribution >= 4 is 17.2 Å². The minimum absolute atomic E-state index is 0.448. The van der Waals surface area contributed by atoms with E-state index in [9.17, 15) is 4.79 Å². The van der Waals surface area contributed by atoms with Gasteiger partial charge in [0.05, 0.1) is 12.6 Å². The molecular formula is C17H15NO3. The van der Waals surface area contributed by atoms with E-state index in [2.05, 4.69) is 4.98 Å². The molecule has 0 aliphatic carbocycles. The molecular weight excluding hydrogens is 266 g/mol. The molecule has 0 amide bonds. The summed E-state index contributed by atoms with van der Waals surface area (Å²) < 4.78 is 11.2. The number of methoxy groups -OCH3 is 1. The Morgan fingerprint density at radius 3 is 2.67 bits per heavy atom. The molecule has 106 valence electrons. The largest absolute Gasteiger partial charge is 0.493 e. The summed E-state index contributed by atoms with van der Waals surface area (Å²) in [6.45, 7) is 0.448. The molecule has 0 saturated carbocycles. The van der Waals surface area contributed by atoms with Crippen molar-refractivity contribution < 1.29 is 14.3 Å². The highest BCUT2D eigenvalue weighted by molar-refractivity contribution is 5.98. The van der Waals surface area contributed by atoms with E-state index in [-0.39, 0.29) is 0 Å². The van der Waals surface area contributed by atoms with Gasteiger partial charge >= 0.3 is 0 Å². The predicted octanol–water partition coefficient (Wildman–Crippen LogP) is 3.57. The van der Waals surface area contributed by atoms with Crippen LogP contribution in [0.3, 0.4) is 0 Å². The van der Waals surface area contributed by atoms with Crippen molar-refractivity contribution in [2.75, 3.05) is 7.11 Å². The van der Waals surface area contributed by atoms with Gasteiger partial charge in [0.25, 0.3) is 0 Å². The first kappa shape index (κ1) is 13.2. The second-order valence-corrected chi connectivity index (χ2v) is 4.68. The average molecular weight is 281 g/mol. The molecule has 2 aromatic carbocycles. The van der Waals surface area contributed by atoms with Crippen molar-refractivity contribution in [3.8, 4) is 11.5 Å². The third-order valence-electron chi connectivity index (χ3n) is 3.36. The topological polar surface area (TPSA) is 51.3 Å². The van der Waals surface area contributed by atoms with Crippen LogP contribution in [0.25, 0.3) is 10.9 Å². The van der Waals surface area contributed by atoms with E-state index >= 15 is 0 Å². The molecule has 0 aliphatic heterocycles. The van der Waals surface area contributed by atoms with Crippen LogP contribution in [0.2, 0.25) is 0 Å². The van der Waals surface area contributed by atoms with Crippen molar-refractivity contribution in [1.29, 1.82) is 0 Å². The number of aldehydes is 1. The van der Waals surface area contributed by atoms with Crippen LogP contribution < -0.4 is 9.47 Å². The Hall–Kier alpha value is -2.75. The van der Waals surface area contributed by atoms with E-state index in [1.54, 1.807) is 13.3 Å². The maximum atomic E-state index is 11.0. The monoisotopic (exact) mass is 281 g/mol. The standard InChI is InChI=1S/C17H15NO3/c1-20-16-8-15-14(13(10-19)9-18-15)7-17(16)21-11-12-5-3-2-4-6-12/h2-10,18H,11H2,1H3. The molecule has 0 saturated heterocycles. The van der Waals surface area contributed by atoms with Crippen molar-refractivity contribution in [3.05, 3.63) is 59.8 Å². The molecule has 4 nitrogen and oxygen atoms in total. The fourth-order valence-corrected chi connectivity index (χ4v) is 2.26. The first-order valence-electron chi connectivity index (χ1n) is 6.63. The number of rotatable bonds is 5. The van der Waals surface area contributed by atoms with Crippen LogP contribution in [-0.4, -0.2) is 18.4 Å². The number of hydrogen-bond acceptors (Lipinski definition) is 3. The van der Waals surface area contributed by atoms with Crippen LogP contribution in [0, 0.1) is 0 Å². The first-order valence-corrected chi connectivity index (χ1v) is 6.63. The van der Waals surface area contributed by atoms with Gasteiger partial charge < -0.3 is 14.5 Å². The lowest BCUT2D eigenvalue weighted by atomic mass is 10.1. The van der Waals surface area contributed by atoms with Gasteiger partial charge in [0, 0.05) is 23.2 Å². The maximum Gasteiger partial charge on any atom is 0.162 e. The summed E-state index contributed by atoms with van der Waals surface area (Å²) in [6, 6.07) is 13.6. The van der Waals surface area contributed by atoms with Crippen LogP contribution in [-0.2, 0) is 6.61 Å². The summed E-state index contributed by atoms with van der Waals surface area (Å²) in [5, 5.41) is 0.828. The molecule has 0 atom stereocenters. The Morgan fingerprint density at radius 1 is 1.14 bits per heavy atom. The number of ether oxygens (including phenoxy) is 2. The summed E-state index contributed by atoms with van der Waals surface area (Å²) in [4.78, 5) is 14.1. The second kappa shape index (κ2) is 5.71. The normalized spacial score (nSPS) is 10.5. The molecule has 0 spiro atoms. The van der Waals surface area contributed by atoms with E-state index in [1.165, 1.54) is 0 Å². The molecule has 0 unspecified atom stereocenters. The summed E-state index contributed by atoms with van der Waals surface area (Å²) in [5.74, 6) is 1.26. The van der Waals surface area contributed by atoms with E-state index in [0.29, 0.717) is 23.7 Å². The van der Waals surface area contributed by atoms with Crippen LogP contribution in [0.15, 0.2) is 48.7 Å². The molecule has 3 aromatic rings. The van der Waals surface area contributed by atoms with Gasteiger partial charge in [-0.25, -0.2) is 0 Å². The van der Waals surface area contributed by atoms with Gasteiger partial charge in [-0.2, -0.15) is 0 Å². The molecule has 4 heteroatoms. The summed E-state index contributed by atoms with van der Waals surface area (Å²) >= 11 is 0. The number of nitrogens with one attached hydrogen (secondary N) is 1. The Kier molecular flexibility index (Phi) is 3.60. The minimum atomic E-state index is 0.448. The Balaban J connectivity index is 1.94. The zero-order valence-corrected chi connectivity index (χ0v) is 11.6. The van der Waals surface area contributed by atoms with Crippen LogP contribution in [0.4, 0.5) is 0 Å². The van der Waals surface area contributed by atoms with Gasteiger partial charge in [-0.05, 0) is 11.6 Å². The number of hydrogen-bond donors (Lipinski definition) is 1. The Bertz CT molecular complexity index is 762. The Morgan fingerprint density at radius 2 is 1.95 bits per heavy atom. The van der Waals surface area contributed by atoms with E-state index < -0.39 is 0 Å². The number of carbonyl (C=O) groups is 1. The smallest absolute Gasteiger partial charge is 0.162 e. The summed E-state index contributed by atoms with van der Waals surface area (Å²) in [5.41, 5.74) is 2.53. The molecule has 1 N–H and O–H groups in total. The van der Waals surface area contributed by atoms with Gasteiger partial charge in [0.15, 0.2) is 17.8 Å². The number of H-pyrrole nitrogens is 1. The van der Waals surface area contributed by atoms with Gasteiger partial charge in [-0.15, -0.1) is 0 Å². The molecule has 3 rings (SSSR count). The maximum absolute atomic E-state index is 11.0. The van der Waals surface area contributed by atoms with Crippen molar-refractivity contribution in [2.24, 2.45) is 0 Å². The van der Waals surface area contributed by atoms with Crippen LogP contribution >= 0.6 is 0 Å². The highest BCUT2D eigenvalue weighted by atomic mass is 16.5. The van der Waals surface area contributed by atoms with Crippen molar-refractivity contribution in [3.63, 3.8) is 0 Å². The van der Waals surface area contributed by atoms with Gasteiger partial charge in [0.1, 0.15) is 6.61 Å². The zero-order chi connectivity index (χ0) is 14.7. The quantitative estimate of drug-likeness (QED) is 0.727. The molecule has 0 radical (unpaired) electrons. The lowest BCUT2D eigenvalue weighted by molar-refractivity contribution is 0.112. The van der Waals surface area contributed by atoms with Crippen molar-refractivity contribution in [2.45, 2.75) is 6.61 Å². The van der Waals surface area contributed by atoms with E-state index in [4.69, 9.17) is 9.47 Å². The SMILES string of the molecule is COc1cc2[nH]cc(C=O)c2cc1OCc1ccccc1. The third-order valence-corrected chi connectivity index (χ3v) is 3.36. The van der Waals surface area contributed by atoms with Gasteiger partial charge in [-0.3, -0.25) is 4.79 Å². The average Bonchev–Trinajstić information content (AvgIpc) is 2.94. The second-order valence-electron chi connectivity index (χ2n) is 4.68. The molecule has 0 aliphatic rings. The number of benzene rings is 2. The fourth-order valence-electron chi connectivity index (χ4n) is 2.26. The molecule has 0 fully saturated rings. The van der Waals surface area contributed by atoms with E-state index in [1.807, 2.05) is 42.5 Å². The number of aromatic amines is 1. The highest BCUT2D eigenvalue weighted by Gasteiger charge is 2.11. The molecule has 1 heterocycles. The van der Waals surface area contributed by atoms with Gasteiger partial charge in [-0.1, -0.05) is 30.3 Å².